The highest BCUT2D eigenvalue weighted by Crippen LogP contribution is 2.62. The van der Waals surface area contributed by atoms with Gasteiger partial charge in [0.1, 0.15) is 11.5 Å². The number of hydrogen-bond donors (Lipinski definition) is 0. The van der Waals surface area contributed by atoms with Gasteiger partial charge in [0.25, 0.3) is 0 Å². The van der Waals surface area contributed by atoms with E-state index in [-0.39, 0.29) is 0 Å². The summed E-state index contributed by atoms with van der Waals surface area (Å²) in [6, 6.07) is 78.0. The Balaban J connectivity index is 1.03. The van der Waals surface area contributed by atoms with Gasteiger partial charge in [-0.1, -0.05) is 146 Å². The van der Waals surface area contributed by atoms with Gasteiger partial charge in [-0.15, -0.1) is 11.3 Å². The number of fused-ring (bicyclic) bond motifs is 15. The summed E-state index contributed by atoms with van der Waals surface area (Å²) in [7, 11) is 0. The second kappa shape index (κ2) is 12.8. The first kappa shape index (κ1) is 33.5. The third kappa shape index (κ3) is 4.69. The van der Waals surface area contributed by atoms with Crippen molar-refractivity contribution in [1.82, 2.24) is 0 Å². The lowest BCUT2D eigenvalue weighted by Gasteiger charge is -2.39. The molecule has 0 fully saturated rings. The molecular weight excluding hydrogens is 747 g/mol. The van der Waals surface area contributed by atoms with Crippen molar-refractivity contribution in [2.45, 2.75) is 5.41 Å². The van der Waals surface area contributed by atoms with Crippen molar-refractivity contribution < 1.29 is 4.74 Å². The first-order valence-corrected chi connectivity index (χ1v) is 21.4. The monoisotopic (exact) mass is 781 g/mol. The second-order valence-corrected chi connectivity index (χ2v) is 17.1. The number of benzene rings is 10. The van der Waals surface area contributed by atoms with Gasteiger partial charge in [0.15, 0.2) is 0 Å². The smallest absolute Gasteiger partial charge is 0.132 e. The maximum absolute atomic E-state index is 6.65. The zero-order chi connectivity index (χ0) is 39.4. The number of anilines is 3. The van der Waals surface area contributed by atoms with Crippen molar-refractivity contribution in [3.8, 4) is 33.8 Å². The Labute approximate surface area is 351 Å². The van der Waals surface area contributed by atoms with Gasteiger partial charge in [-0.05, 0) is 122 Å². The Hall–Kier alpha value is -7.46. The molecule has 0 atom stereocenters. The summed E-state index contributed by atoms with van der Waals surface area (Å²) in [4.78, 5) is 2.43. The Morgan fingerprint density at radius 2 is 1.02 bits per heavy atom. The van der Waals surface area contributed by atoms with Gasteiger partial charge in [0.2, 0.25) is 0 Å². The molecule has 1 aliphatic heterocycles. The lowest BCUT2D eigenvalue weighted by Crippen LogP contribution is -2.32. The summed E-state index contributed by atoms with van der Waals surface area (Å²) in [5, 5.41) is 7.66. The molecule has 1 aromatic heterocycles. The van der Waals surface area contributed by atoms with Gasteiger partial charge < -0.3 is 9.64 Å². The molecule has 2 aliphatic rings. The van der Waals surface area contributed by atoms with E-state index in [1.807, 2.05) is 11.3 Å². The van der Waals surface area contributed by atoms with E-state index in [0.29, 0.717) is 0 Å². The highest BCUT2D eigenvalue weighted by Gasteiger charge is 2.51. The predicted molar refractivity (Wildman–Crippen MR) is 252 cm³/mol. The fourth-order valence-electron chi connectivity index (χ4n) is 10.4. The van der Waals surface area contributed by atoms with Gasteiger partial charge in [-0.25, -0.2) is 0 Å². The van der Waals surface area contributed by atoms with E-state index in [4.69, 9.17) is 4.74 Å². The second-order valence-electron chi connectivity index (χ2n) is 16.0. The number of thiophene rings is 1. The Bertz CT molecular complexity index is 3500. The lowest BCUT2D eigenvalue weighted by atomic mass is 9.66. The minimum Gasteiger partial charge on any atom is -0.457 e. The molecule has 0 radical (unpaired) electrons. The third-order valence-electron chi connectivity index (χ3n) is 12.9. The molecular formula is C57H35NOS. The molecule has 11 aromatic rings. The van der Waals surface area contributed by atoms with Crippen LogP contribution < -0.4 is 9.64 Å². The van der Waals surface area contributed by atoms with Crippen molar-refractivity contribution in [2.24, 2.45) is 0 Å². The molecule has 3 heteroatoms. The number of rotatable bonds is 4. The van der Waals surface area contributed by atoms with E-state index in [1.165, 1.54) is 86.2 Å². The van der Waals surface area contributed by atoms with Crippen molar-refractivity contribution in [2.75, 3.05) is 4.90 Å². The number of ether oxygens (including phenoxy) is 1. The Morgan fingerprint density at radius 1 is 0.367 bits per heavy atom. The van der Waals surface area contributed by atoms with Gasteiger partial charge >= 0.3 is 0 Å². The van der Waals surface area contributed by atoms with Crippen molar-refractivity contribution in [1.29, 1.82) is 0 Å². The topological polar surface area (TPSA) is 12.5 Å². The molecule has 0 saturated carbocycles. The SMILES string of the molecule is c1ccc(N(c2ccc3c(c2)C2(c4ccccc4Oc4ccccc42)c2ccccc2-3)c2ccc3sc4cccc(-c5ccc6c(ccc7ccccc76)c5)c4c3c2)cc1. The van der Waals surface area contributed by atoms with Crippen molar-refractivity contribution in [3.63, 3.8) is 0 Å². The molecule has 10 aromatic carbocycles. The fraction of sp³-hybridized carbons (Fsp3) is 0.0175. The molecule has 0 saturated heterocycles. The van der Waals surface area contributed by atoms with Crippen molar-refractivity contribution >= 4 is 70.1 Å². The summed E-state index contributed by atoms with van der Waals surface area (Å²) in [5.74, 6) is 1.80. The van der Waals surface area contributed by atoms with Crippen LogP contribution in [0, 0.1) is 0 Å². The van der Waals surface area contributed by atoms with Crippen LogP contribution in [0.4, 0.5) is 17.1 Å². The average molecular weight is 782 g/mol. The molecule has 1 spiro atoms. The molecule has 13 rings (SSSR count). The van der Waals surface area contributed by atoms with Crippen LogP contribution in [0.25, 0.3) is 64.0 Å². The van der Waals surface area contributed by atoms with Crippen LogP contribution in [0.15, 0.2) is 212 Å². The Morgan fingerprint density at radius 3 is 1.87 bits per heavy atom. The van der Waals surface area contributed by atoms with Crippen LogP contribution in [-0.4, -0.2) is 0 Å². The number of nitrogens with zero attached hydrogens (tertiary/aromatic N) is 1. The van der Waals surface area contributed by atoms with Gasteiger partial charge in [0, 0.05) is 48.4 Å². The van der Waals surface area contributed by atoms with E-state index in [1.54, 1.807) is 0 Å². The van der Waals surface area contributed by atoms with Gasteiger partial charge in [-0.3, -0.25) is 0 Å². The molecule has 0 bridgehead atoms. The van der Waals surface area contributed by atoms with E-state index >= 15 is 0 Å². The molecule has 2 nitrogen and oxygen atoms in total. The number of para-hydroxylation sites is 3. The summed E-state index contributed by atoms with van der Waals surface area (Å²) < 4.78 is 9.22. The van der Waals surface area contributed by atoms with Gasteiger partial charge in [-0.2, -0.15) is 0 Å². The summed E-state index contributed by atoms with van der Waals surface area (Å²) in [5.41, 5.74) is 12.7. The highest BCUT2D eigenvalue weighted by atomic mass is 32.1. The van der Waals surface area contributed by atoms with Crippen LogP contribution in [0.5, 0.6) is 11.5 Å². The predicted octanol–water partition coefficient (Wildman–Crippen LogP) is 16.0. The van der Waals surface area contributed by atoms with Crippen LogP contribution in [-0.2, 0) is 5.41 Å². The minimum absolute atomic E-state index is 0.551. The maximum Gasteiger partial charge on any atom is 0.132 e. The maximum atomic E-state index is 6.65. The first-order valence-electron chi connectivity index (χ1n) is 20.6. The molecule has 0 unspecified atom stereocenters. The van der Waals surface area contributed by atoms with Crippen LogP contribution in [0.3, 0.4) is 0 Å². The van der Waals surface area contributed by atoms with E-state index in [9.17, 15) is 0 Å². The van der Waals surface area contributed by atoms with E-state index in [2.05, 4.69) is 217 Å². The number of hydrogen-bond acceptors (Lipinski definition) is 3. The molecule has 60 heavy (non-hydrogen) atoms. The van der Waals surface area contributed by atoms with E-state index in [0.717, 1.165) is 28.6 Å². The molecule has 2 heterocycles. The quantitative estimate of drug-likeness (QED) is 0.165. The van der Waals surface area contributed by atoms with Crippen molar-refractivity contribution in [3.05, 3.63) is 235 Å². The third-order valence-corrected chi connectivity index (χ3v) is 14.0. The van der Waals surface area contributed by atoms with Gasteiger partial charge in [0.05, 0.1) is 5.41 Å². The largest absolute Gasteiger partial charge is 0.457 e. The van der Waals surface area contributed by atoms with Crippen LogP contribution in [0.2, 0.25) is 0 Å². The lowest BCUT2D eigenvalue weighted by molar-refractivity contribution is 0.436. The summed E-state index contributed by atoms with van der Waals surface area (Å²) in [6.07, 6.45) is 0. The zero-order valence-corrected chi connectivity index (χ0v) is 33.3. The Kier molecular flexibility index (Phi) is 7.13. The highest BCUT2D eigenvalue weighted by molar-refractivity contribution is 7.26. The van der Waals surface area contributed by atoms with Crippen LogP contribution in [0.1, 0.15) is 22.3 Å². The fourth-order valence-corrected chi connectivity index (χ4v) is 11.5. The summed E-state index contributed by atoms with van der Waals surface area (Å²) >= 11 is 1.87. The summed E-state index contributed by atoms with van der Waals surface area (Å²) in [6.45, 7) is 0. The molecule has 0 amide bonds. The molecule has 1 aliphatic carbocycles. The first-order chi connectivity index (χ1) is 29.7. The average Bonchev–Trinajstić information content (AvgIpc) is 3.83. The van der Waals surface area contributed by atoms with E-state index < -0.39 is 5.41 Å². The van der Waals surface area contributed by atoms with Crippen LogP contribution >= 0.6 is 11.3 Å². The molecule has 280 valence electrons. The normalized spacial score (nSPS) is 13.3. The minimum atomic E-state index is -0.551. The zero-order valence-electron chi connectivity index (χ0n) is 32.5. The standard InChI is InChI=1S/C57H35NOS/c1-2-14-39(15-3-1)58(41-28-31-46-45-17-6-7-19-48(45)57(51(46)35-41)49-20-8-10-22-52(49)59-53-23-11-9-21-50(53)57)40-29-32-54-47(34-40)56-44(18-12-24-55(56)60-54)38-27-30-43-37(33-38)26-25-36-13-4-5-16-42(36)43/h1-35H. The molecule has 0 N–H and O–H groups in total.